The van der Waals surface area contributed by atoms with Crippen LogP contribution < -0.4 is 0 Å². The van der Waals surface area contributed by atoms with Crippen molar-refractivity contribution >= 4 is 10.0 Å². The molecule has 1 aliphatic rings. The molecule has 1 aromatic carbocycles. The predicted octanol–water partition coefficient (Wildman–Crippen LogP) is 1.97. The number of sulfonamides is 1. The van der Waals surface area contributed by atoms with Gasteiger partial charge in [0.25, 0.3) is 0 Å². The standard InChI is InChI=1S/C14H21NO4S/c1-10(2)14-15(9-13(18-4)19-14)20(16,17)12-7-5-11(3)6-8-12/h5-8,10,13-14H,9H2,1-4H3. The molecule has 0 spiro atoms. The molecule has 0 saturated carbocycles. The SMILES string of the molecule is COC1CN(S(=O)(=O)c2ccc(C)cc2)C(C(C)C)O1. The van der Waals surface area contributed by atoms with Crippen LogP contribution in [-0.4, -0.2) is 38.9 Å². The molecule has 2 unspecified atom stereocenters. The van der Waals surface area contributed by atoms with Crippen molar-refractivity contribution in [3.63, 3.8) is 0 Å². The van der Waals surface area contributed by atoms with E-state index < -0.39 is 22.5 Å². The van der Waals surface area contributed by atoms with Gasteiger partial charge in [0.05, 0.1) is 11.4 Å². The van der Waals surface area contributed by atoms with Gasteiger partial charge < -0.3 is 9.47 Å². The summed E-state index contributed by atoms with van der Waals surface area (Å²) >= 11 is 0. The van der Waals surface area contributed by atoms with E-state index in [-0.39, 0.29) is 17.4 Å². The number of nitrogens with zero attached hydrogens (tertiary/aromatic N) is 1. The minimum Gasteiger partial charge on any atom is -0.354 e. The second kappa shape index (κ2) is 5.81. The van der Waals surface area contributed by atoms with E-state index in [1.807, 2.05) is 20.8 Å². The van der Waals surface area contributed by atoms with E-state index in [1.165, 1.54) is 11.4 Å². The first-order chi connectivity index (χ1) is 9.36. The largest absolute Gasteiger partial charge is 0.354 e. The maximum Gasteiger partial charge on any atom is 0.245 e. The number of aryl methyl sites for hydroxylation is 1. The lowest BCUT2D eigenvalue weighted by molar-refractivity contribution is -0.124. The van der Waals surface area contributed by atoms with Crippen LogP contribution in [0.1, 0.15) is 19.4 Å². The highest BCUT2D eigenvalue weighted by atomic mass is 32.2. The Labute approximate surface area is 120 Å². The Morgan fingerprint density at radius 3 is 2.40 bits per heavy atom. The summed E-state index contributed by atoms with van der Waals surface area (Å²) in [6, 6.07) is 6.84. The van der Waals surface area contributed by atoms with Crippen molar-refractivity contribution in [3.05, 3.63) is 29.8 Å². The Kier molecular flexibility index (Phi) is 4.49. The molecular weight excluding hydrogens is 278 g/mol. The molecule has 1 heterocycles. The van der Waals surface area contributed by atoms with Crippen LogP contribution in [0.25, 0.3) is 0 Å². The fraction of sp³-hybridized carbons (Fsp3) is 0.571. The Hall–Kier alpha value is -0.950. The topological polar surface area (TPSA) is 55.8 Å². The van der Waals surface area contributed by atoms with E-state index in [2.05, 4.69) is 0 Å². The maximum atomic E-state index is 12.7. The third-order valence-electron chi connectivity index (χ3n) is 3.36. The fourth-order valence-electron chi connectivity index (χ4n) is 2.22. The molecule has 1 saturated heterocycles. The molecule has 0 radical (unpaired) electrons. The first-order valence-electron chi connectivity index (χ1n) is 6.63. The van der Waals surface area contributed by atoms with Gasteiger partial charge in [-0.1, -0.05) is 31.5 Å². The van der Waals surface area contributed by atoms with Crippen molar-refractivity contribution in [2.24, 2.45) is 5.92 Å². The molecule has 112 valence electrons. The monoisotopic (exact) mass is 299 g/mol. The third-order valence-corrected chi connectivity index (χ3v) is 5.21. The van der Waals surface area contributed by atoms with Crippen molar-refractivity contribution < 1.29 is 17.9 Å². The summed E-state index contributed by atoms with van der Waals surface area (Å²) in [6.45, 7) is 6.00. The lowest BCUT2D eigenvalue weighted by atomic mass is 10.2. The molecule has 2 rings (SSSR count). The molecule has 0 bridgehead atoms. The number of benzene rings is 1. The molecule has 2 atom stereocenters. The molecule has 1 aromatic rings. The number of methoxy groups -OCH3 is 1. The van der Waals surface area contributed by atoms with Gasteiger partial charge in [0.1, 0.15) is 6.23 Å². The summed E-state index contributed by atoms with van der Waals surface area (Å²) in [5.74, 6) is 0.0513. The Balaban J connectivity index is 2.34. The van der Waals surface area contributed by atoms with Gasteiger partial charge in [-0.05, 0) is 25.0 Å². The van der Waals surface area contributed by atoms with Gasteiger partial charge in [-0.3, -0.25) is 0 Å². The zero-order valence-electron chi connectivity index (χ0n) is 12.2. The van der Waals surface area contributed by atoms with Crippen LogP contribution in [0.3, 0.4) is 0 Å². The molecule has 1 fully saturated rings. The molecule has 5 nitrogen and oxygen atoms in total. The molecule has 6 heteroatoms. The van der Waals surface area contributed by atoms with Crippen LogP contribution in [0, 0.1) is 12.8 Å². The van der Waals surface area contributed by atoms with E-state index >= 15 is 0 Å². The van der Waals surface area contributed by atoms with E-state index in [0.29, 0.717) is 0 Å². The predicted molar refractivity (Wildman–Crippen MR) is 75.6 cm³/mol. The van der Waals surface area contributed by atoms with Gasteiger partial charge >= 0.3 is 0 Å². The smallest absolute Gasteiger partial charge is 0.245 e. The highest BCUT2D eigenvalue weighted by Gasteiger charge is 2.42. The second-order valence-electron chi connectivity index (χ2n) is 5.32. The normalized spacial score (nSPS) is 24.4. The van der Waals surface area contributed by atoms with Crippen LogP contribution in [0.15, 0.2) is 29.2 Å². The van der Waals surface area contributed by atoms with Gasteiger partial charge in [0, 0.05) is 7.11 Å². The van der Waals surface area contributed by atoms with Crippen molar-refractivity contribution in [1.29, 1.82) is 0 Å². The van der Waals surface area contributed by atoms with Crippen LogP contribution >= 0.6 is 0 Å². The molecular formula is C14H21NO4S. The minimum atomic E-state index is -3.56. The minimum absolute atomic E-state index is 0.0513. The van der Waals surface area contributed by atoms with Gasteiger partial charge in [0.2, 0.25) is 10.0 Å². The average Bonchev–Trinajstić information content (AvgIpc) is 2.84. The number of rotatable bonds is 4. The van der Waals surface area contributed by atoms with Crippen LogP contribution in [0.4, 0.5) is 0 Å². The van der Waals surface area contributed by atoms with Crippen LogP contribution in [-0.2, 0) is 19.5 Å². The molecule has 0 aromatic heterocycles. The third kappa shape index (κ3) is 2.88. The summed E-state index contributed by atoms with van der Waals surface area (Å²) in [4.78, 5) is 0.286. The van der Waals surface area contributed by atoms with Crippen LogP contribution in [0.2, 0.25) is 0 Å². The number of hydrogen-bond acceptors (Lipinski definition) is 4. The molecule has 0 N–H and O–H groups in total. The van der Waals surface area contributed by atoms with E-state index in [0.717, 1.165) is 5.56 Å². The highest BCUT2D eigenvalue weighted by molar-refractivity contribution is 7.89. The lowest BCUT2D eigenvalue weighted by Crippen LogP contribution is -2.39. The Morgan fingerprint density at radius 1 is 1.30 bits per heavy atom. The zero-order chi connectivity index (χ0) is 14.9. The summed E-state index contributed by atoms with van der Waals surface area (Å²) in [5.41, 5.74) is 1.02. The van der Waals surface area contributed by atoms with Crippen molar-refractivity contribution in [2.75, 3.05) is 13.7 Å². The highest BCUT2D eigenvalue weighted by Crippen LogP contribution is 2.29. The van der Waals surface area contributed by atoms with E-state index in [4.69, 9.17) is 9.47 Å². The van der Waals surface area contributed by atoms with E-state index in [9.17, 15) is 8.42 Å². The summed E-state index contributed by atoms with van der Waals surface area (Å²) in [5, 5.41) is 0. The Bertz CT molecular complexity index is 553. The molecule has 1 aliphatic heterocycles. The molecule has 0 amide bonds. The second-order valence-corrected chi connectivity index (χ2v) is 7.21. The van der Waals surface area contributed by atoms with Crippen molar-refractivity contribution in [3.8, 4) is 0 Å². The first-order valence-corrected chi connectivity index (χ1v) is 8.07. The van der Waals surface area contributed by atoms with Crippen molar-refractivity contribution in [1.82, 2.24) is 4.31 Å². The van der Waals surface area contributed by atoms with Gasteiger partial charge in [-0.25, -0.2) is 8.42 Å². The summed E-state index contributed by atoms with van der Waals surface area (Å²) < 4.78 is 37.6. The van der Waals surface area contributed by atoms with Gasteiger partial charge in [-0.2, -0.15) is 4.31 Å². The number of ether oxygens (including phenoxy) is 2. The molecule has 20 heavy (non-hydrogen) atoms. The fourth-order valence-corrected chi connectivity index (χ4v) is 3.85. The number of hydrogen-bond donors (Lipinski definition) is 0. The van der Waals surface area contributed by atoms with Crippen LogP contribution in [0.5, 0.6) is 0 Å². The van der Waals surface area contributed by atoms with Crippen molar-refractivity contribution in [2.45, 2.75) is 38.2 Å². The quantitative estimate of drug-likeness (QED) is 0.853. The average molecular weight is 299 g/mol. The zero-order valence-corrected chi connectivity index (χ0v) is 13.1. The maximum absolute atomic E-state index is 12.7. The summed E-state index contributed by atoms with van der Waals surface area (Å²) in [7, 11) is -2.05. The van der Waals surface area contributed by atoms with Gasteiger partial charge in [0.15, 0.2) is 6.29 Å². The van der Waals surface area contributed by atoms with E-state index in [1.54, 1.807) is 24.3 Å². The molecule has 0 aliphatic carbocycles. The lowest BCUT2D eigenvalue weighted by Gasteiger charge is -2.24. The summed E-state index contributed by atoms with van der Waals surface area (Å²) in [6.07, 6.45) is -1.01. The van der Waals surface area contributed by atoms with Gasteiger partial charge in [-0.15, -0.1) is 0 Å². The Morgan fingerprint density at radius 2 is 1.90 bits per heavy atom. The first kappa shape index (κ1) is 15.4.